The van der Waals surface area contributed by atoms with Crippen molar-refractivity contribution >= 4 is 21.4 Å². The van der Waals surface area contributed by atoms with Gasteiger partial charge in [-0.2, -0.15) is 26.3 Å². The molecule has 2 atom stereocenters. The Kier molecular flexibility index (Phi) is 8.16. The maximum atomic E-state index is 13.8. The lowest BCUT2D eigenvalue weighted by molar-refractivity contribution is -0.259. The number of rotatable bonds is 6. The lowest BCUT2D eigenvalue weighted by Gasteiger charge is -2.31. The molecule has 0 aliphatic carbocycles. The maximum Gasteiger partial charge on any atom is 0.501 e. The summed E-state index contributed by atoms with van der Waals surface area (Å²) in [5.74, 6) is -0.230. The van der Waals surface area contributed by atoms with E-state index in [-0.39, 0.29) is 44.0 Å². The van der Waals surface area contributed by atoms with Crippen molar-refractivity contribution in [1.29, 1.82) is 0 Å². The predicted octanol–water partition coefficient (Wildman–Crippen LogP) is 5.72. The van der Waals surface area contributed by atoms with Gasteiger partial charge in [0.2, 0.25) is 5.91 Å². The van der Waals surface area contributed by atoms with E-state index in [0.717, 1.165) is 4.90 Å². The molecule has 13 heteroatoms. The van der Waals surface area contributed by atoms with Crippen molar-refractivity contribution in [2.24, 2.45) is 0 Å². The molecule has 220 valence electrons. The first-order valence-corrected chi connectivity index (χ1v) is 13.8. The van der Waals surface area contributed by atoms with Crippen LogP contribution in [-0.4, -0.2) is 43.8 Å². The average Bonchev–Trinajstić information content (AvgIpc) is 3.07. The lowest BCUT2D eigenvalue weighted by atomic mass is 9.91. The van der Waals surface area contributed by atoms with Gasteiger partial charge in [0.15, 0.2) is 5.60 Å². The molecular weight excluding hydrogens is 576 g/mol. The third-order valence-corrected chi connectivity index (χ3v) is 8.34. The predicted molar refractivity (Wildman–Crippen MR) is 137 cm³/mol. The van der Waals surface area contributed by atoms with Crippen molar-refractivity contribution in [3.8, 4) is 5.75 Å². The standard InChI is InChI=1S/C28H25F6NO5S/c1-26(37,27(29,30)31)22-15-19-12-13-21(40-20-10-6-3-7-11-20)17-35(25(36)14-18-8-4-2-5-9-18)23(19)16-24(22)41(38,39)28(32,33)34/h2-11,15-16,21,37H,12-14,17H2,1H3/t21-,26?/m1/s1. The number of carbonyl (C=O) groups is 1. The van der Waals surface area contributed by atoms with Gasteiger partial charge in [-0.05, 0) is 55.2 Å². The van der Waals surface area contributed by atoms with E-state index in [0.29, 0.717) is 23.4 Å². The fourth-order valence-electron chi connectivity index (χ4n) is 4.55. The largest absolute Gasteiger partial charge is 0.501 e. The molecule has 0 saturated carbocycles. The normalized spacial score (nSPS) is 17.8. The molecule has 1 amide bonds. The first kappa shape index (κ1) is 30.4. The first-order valence-electron chi connectivity index (χ1n) is 12.4. The van der Waals surface area contributed by atoms with Crippen LogP contribution in [0.4, 0.5) is 32.0 Å². The van der Waals surface area contributed by atoms with Gasteiger partial charge < -0.3 is 14.7 Å². The van der Waals surface area contributed by atoms with Crippen LogP contribution in [0.15, 0.2) is 77.7 Å². The molecule has 0 spiro atoms. The number of alkyl halides is 6. The number of ether oxygens (including phenoxy) is 1. The monoisotopic (exact) mass is 601 g/mol. The number of anilines is 1. The highest BCUT2D eigenvalue weighted by Gasteiger charge is 2.56. The number of carbonyl (C=O) groups excluding carboxylic acids is 1. The van der Waals surface area contributed by atoms with E-state index in [1.54, 1.807) is 60.7 Å². The Morgan fingerprint density at radius 3 is 2.12 bits per heavy atom. The summed E-state index contributed by atoms with van der Waals surface area (Å²) in [4.78, 5) is 12.8. The SMILES string of the molecule is CC(O)(c1cc2c(cc1S(=O)(=O)C(F)(F)F)N(C(=O)Cc1ccccc1)C[C@H](Oc1ccccc1)CC2)C(F)(F)F. The summed E-state index contributed by atoms with van der Waals surface area (Å²) in [7, 11) is -6.40. The second kappa shape index (κ2) is 11.0. The first-order chi connectivity index (χ1) is 19.0. The van der Waals surface area contributed by atoms with Crippen LogP contribution >= 0.6 is 0 Å². The van der Waals surface area contributed by atoms with E-state index in [9.17, 15) is 44.7 Å². The van der Waals surface area contributed by atoms with Gasteiger partial charge in [0.25, 0.3) is 9.84 Å². The number of para-hydroxylation sites is 1. The van der Waals surface area contributed by atoms with Gasteiger partial charge in [-0.15, -0.1) is 0 Å². The number of hydrogen-bond donors (Lipinski definition) is 1. The van der Waals surface area contributed by atoms with E-state index in [2.05, 4.69) is 0 Å². The van der Waals surface area contributed by atoms with Crippen molar-refractivity contribution in [3.05, 3.63) is 89.5 Å². The van der Waals surface area contributed by atoms with Crippen LogP contribution in [0.25, 0.3) is 0 Å². The Morgan fingerprint density at radius 2 is 1.56 bits per heavy atom. The molecule has 1 aliphatic heterocycles. The zero-order chi connectivity index (χ0) is 30.2. The Balaban J connectivity index is 1.90. The molecule has 0 aromatic heterocycles. The number of nitrogens with zero attached hydrogens (tertiary/aromatic N) is 1. The Labute approximate surface area is 232 Å². The van der Waals surface area contributed by atoms with Crippen molar-refractivity contribution in [2.45, 2.75) is 54.5 Å². The Hall–Kier alpha value is -3.58. The van der Waals surface area contributed by atoms with Crippen LogP contribution in [0.3, 0.4) is 0 Å². The van der Waals surface area contributed by atoms with Gasteiger partial charge in [-0.25, -0.2) is 8.42 Å². The van der Waals surface area contributed by atoms with Crippen LogP contribution in [0.2, 0.25) is 0 Å². The molecule has 1 heterocycles. The molecule has 1 unspecified atom stereocenters. The topological polar surface area (TPSA) is 83.9 Å². The fourth-order valence-corrected chi connectivity index (χ4v) is 5.61. The van der Waals surface area contributed by atoms with Crippen LogP contribution in [0, 0.1) is 0 Å². The van der Waals surface area contributed by atoms with Gasteiger partial charge in [0.1, 0.15) is 11.9 Å². The van der Waals surface area contributed by atoms with Crippen molar-refractivity contribution in [1.82, 2.24) is 0 Å². The number of aliphatic hydroxyl groups is 1. The number of sulfone groups is 1. The highest BCUT2D eigenvalue weighted by atomic mass is 32.2. The second-order valence-corrected chi connectivity index (χ2v) is 11.7. The van der Waals surface area contributed by atoms with Gasteiger partial charge in [0.05, 0.1) is 17.9 Å². The Morgan fingerprint density at radius 1 is 0.976 bits per heavy atom. The average molecular weight is 602 g/mol. The number of halogens is 6. The lowest BCUT2D eigenvalue weighted by Crippen LogP contribution is -2.42. The summed E-state index contributed by atoms with van der Waals surface area (Å²) in [6.07, 6.45) is -6.48. The minimum atomic E-state index is -6.40. The smallest absolute Gasteiger partial charge is 0.489 e. The van der Waals surface area contributed by atoms with E-state index in [4.69, 9.17) is 4.74 Å². The molecule has 4 rings (SSSR count). The number of hydrogen-bond acceptors (Lipinski definition) is 5. The summed E-state index contributed by atoms with van der Waals surface area (Å²) in [6, 6.07) is 17.7. The summed E-state index contributed by atoms with van der Waals surface area (Å²) in [6.45, 7) is -0.0471. The number of benzene rings is 3. The van der Waals surface area contributed by atoms with Gasteiger partial charge >= 0.3 is 11.7 Å². The highest BCUT2D eigenvalue weighted by Crippen LogP contribution is 2.46. The van der Waals surface area contributed by atoms with E-state index in [1.165, 1.54) is 0 Å². The number of fused-ring (bicyclic) bond motifs is 1. The maximum absolute atomic E-state index is 13.8. The summed E-state index contributed by atoms with van der Waals surface area (Å²) < 4.78 is 114. The van der Waals surface area contributed by atoms with Gasteiger partial charge in [-0.1, -0.05) is 48.5 Å². The molecule has 0 radical (unpaired) electrons. The summed E-state index contributed by atoms with van der Waals surface area (Å²) in [5.41, 5.74) is -11.2. The quantitative estimate of drug-likeness (QED) is 0.366. The minimum absolute atomic E-state index is 0.0498. The molecule has 0 fully saturated rings. The molecule has 41 heavy (non-hydrogen) atoms. The van der Waals surface area contributed by atoms with E-state index < -0.39 is 49.6 Å². The zero-order valence-corrected chi connectivity index (χ0v) is 22.4. The van der Waals surface area contributed by atoms with Crippen LogP contribution in [0.1, 0.15) is 30.0 Å². The van der Waals surface area contributed by atoms with Crippen molar-refractivity contribution in [2.75, 3.05) is 11.4 Å². The number of amides is 1. The molecule has 1 N–H and O–H groups in total. The molecule has 3 aromatic rings. The van der Waals surface area contributed by atoms with E-state index >= 15 is 0 Å². The zero-order valence-electron chi connectivity index (χ0n) is 21.5. The number of aryl methyl sites for hydroxylation is 1. The molecule has 6 nitrogen and oxygen atoms in total. The van der Waals surface area contributed by atoms with E-state index in [1.807, 2.05) is 0 Å². The minimum Gasteiger partial charge on any atom is -0.489 e. The van der Waals surface area contributed by atoms with Crippen LogP contribution in [0.5, 0.6) is 5.75 Å². The van der Waals surface area contributed by atoms with Crippen molar-refractivity contribution in [3.63, 3.8) is 0 Å². The van der Waals surface area contributed by atoms with Crippen molar-refractivity contribution < 1.29 is 49.4 Å². The molecule has 0 bridgehead atoms. The van der Waals surface area contributed by atoms with Gasteiger partial charge in [-0.3, -0.25) is 4.79 Å². The summed E-state index contributed by atoms with van der Waals surface area (Å²) >= 11 is 0. The van der Waals surface area contributed by atoms with Crippen LogP contribution in [-0.2, 0) is 33.1 Å². The highest BCUT2D eigenvalue weighted by molar-refractivity contribution is 7.92. The molecular formula is C28H25F6NO5S. The second-order valence-electron chi connectivity index (χ2n) is 9.75. The third-order valence-electron chi connectivity index (χ3n) is 6.81. The fraction of sp³-hybridized carbons (Fsp3) is 0.321. The summed E-state index contributed by atoms with van der Waals surface area (Å²) in [5, 5.41) is 10.4. The Bertz CT molecular complexity index is 1510. The molecule has 1 aliphatic rings. The van der Waals surface area contributed by atoms with Crippen LogP contribution < -0.4 is 9.64 Å². The molecule has 3 aromatic carbocycles. The molecule has 0 saturated heterocycles. The van der Waals surface area contributed by atoms with Gasteiger partial charge in [0, 0.05) is 11.3 Å². The third kappa shape index (κ3) is 6.20.